The van der Waals surface area contributed by atoms with Gasteiger partial charge >= 0.3 is 5.97 Å². The first-order valence-electron chi connectivity index (χ1n) is 8.31. The summed E-state index contributed by atoms with van der Waals surface area (Å²) in [7, 11) is 1.47. The number of nitrogens with zero attached hydrogens (tertiary/aromatic N) is 2. The predicted molar refractivity (Wildman–Crippen MR) is 84.3 cm³/mol. The van der Waals surface area contributed by atoms with Crippen LogP contribution in [0.4, 0.5) is 0 Å². The lowest BCUT2D eigenvalue weighted by molar-refractivity contribution is -0.148. The summed E-state index contributed by atoms with van der Waals surface area (Å²) in [4.78, 5) is 17.2. The van der Waals surface area contributed by atoms with Gasteiger partial charge in [-0.1, -0.05) is 6.92 Å². The molecule has 2 aliphatic rings. The molecule has 1 aliphatic carbocycles. The molecule has 2 rings (SSSR count). The Balaban J connectivity index is 1.86. The molecule has 0 aromatic rings. The van der Waals surface area contributed by atoms with E-state index in [0.717, 1.165) is 32.1 Å². The molecule has 1 aliphatic heterocycles. The molecular formula is C16H31N3O2. The highest BCUT2D eigenvalue weighted by molar-refractivity contribution is 5.80. The zero-order valence-electron chi connectivity index (χ0n) is 14.0. The second kappa shape index (κ2) is 7.07. The first kappa shape index (κ1) is 16.7. The molecule has 0 aromatic carbocycles. The van der Waals surface area contributed by atoms with Crippen molar-refractivity contribution in [2.24, 2.45) is 0 Å². The Labute approximate surface area is 129 Å². The summed E-state index contributed by atoms with van der Waals surface area (Å²) < 4.78 is 4.98. The van der Waals surface area contributed by atoms with E-state index in [4.69, 9.17) is 4.74 Å². The fourth-order valence-corrected chi connectivity index (χ4v) is 3.55. The third kappa shape index (κ3) is 4.18. The van der Waals surface area contributed by atoms with Crippen molar-refractivity contribution in [3.8, 4) is 0 Å². The third-order valence-electron chi connectivity index (χ3n) is 4.94. The fraction of sp³-hybridized carbons (Fsp3) is 0.938. The number of likely N-dealkylation sites (N-methyl/N-ethyl adjacent to an activating group) is 1. The Morgan fingerprint density at radius 1 is 1.33 bits per heavy atom. The maximum atomic E-state index is 12.1. The minimum atomic E-state index is -0.587. The number of ether oxygens (including phenoxy) is 1. The van der Waals surface area contributed by atoms with Crippen LogP contribution in [0.1, 0.15) is 40.0 Å². The van der Waals surface area contributed by atoms with Crippen molar-refractivity contribution < 1.29 is 9.53 Å². The number of esters is 1. The summed E-state index contributed by atoms with van der Waals surface area (Å²) in [6.07, 6.45) is 3.56. The zero-order valence-corrected chi connectivity index (χ0v) is 14.0. The van der Waals surface area contributed by atoms with Crippen LogP contribution in [0.15, 0.2) is 0 Å². The Bertz CT molecular complexity index is 351. The Morgan fingerprint density at radius 3 is 2.43 bits per heavy atom. The Morgan fingerprint density at radius 2 is 1.95 bits per heavy atom. The summed E-state index contributed by atoms with van der Waals surface area (Å²) in [5.41, 5.74) is -0.587. The van der Waals surface area contributed by atoms with Crippen LogP contribution < -0.4 is 5.32 Å². The second-order valence-corrected chi connectivity index (χ2v) is 6.71. The van der Waals surface area contributed by atoms with Gasteiger partial charge in [0.15, 0.2) is 0 Å². The van der Waals surface area contributed by atoms with Gasteiger partial charge in [0.05, 0.1) is 7.11 Å². The number of hydrogen-bond donors (Lipinski definition) is 1. The Hall–Kier alpha value is -0.650. The molecule has 2 atom stereocenters. The summed E-state index contributed by atoms with van der Waals surface area (Å²) in [5.74, 6) is -0.159. The topological polar surface area (TPSA) is 44.8 Å². The van der Waals surface area contributed by atoms with E-state index in [1.54, 1.807) is 0 Å². The molecule has 1 heterocycles. The lowest BCUT2D eigenvalue weighted by Gasteiger charge is -2.41. The number of rotatable bonds is 7. The maximum Gasteiger partial charge on any atom is 0.325 e. The van der Waals surface area contributed by atoms with Gasteiger partial charge < -0.3 is 10.1 Å². The van der Waals surface area contributed by atoms with E-state index in [1.807, 2.05) is 13.8 Å². The van der Waals surface area contributed by atoms with Gasteiger partial charge in [-0.2, -0.15) is 0 Å². The fourth-order valence-electron chi connectivity index (χ4n) is 3.55. The molecule has 5 heteroatoms. The summed E-state index contributed by atoms with van der Waals surface area (Å²) in [6, 6.07) is 1.25. The molecule has 2 unspecified atom stereocenters. The van der Waals surface area contributed by atoms with E-state index in [2.05, 4.69) is 22.0 Å². The van der Waals surface area contributed by atoms with Crippen LogP contribution >= 0.6 is 0 Å². The largest absolute Gasteiger partial charge is 0.468 e. The normalized spacial score (nSPS) is 25.3. The molecule has 1 saturated heterocycles. The van der Waals surface area contributed by atoms with Crippen molar-refractivity contribution in [1.29, 1.82) is 0 Å². The molecule has 21 heavy (non-hydrogen) atoms. The zero-order chi connectivity index (χ0) is 15.5. The second-order valence-electron chi connectivity index (χ2n) is 6.71. The van der Waals surface area contributed by atoms with Crippen molar-refractivity contribution in [2.45, 2.75) is 57.7 Å². The molecule has 0 radical (unpaired) electrons. The van der Waals surface area contributed by atoms with Crippen LogP contribution in [0.25, 0.3) is 0 Å². The number of nitrogens with one attached hydrogen (secondary N) is 1. The van der Waals surface area contributed by atoms with Crippen molar-refractivity contribution >= 4 is 5.97 Å². The molecule has 0 aromatic heterocycles. The molecule has 122 valence electrons. The third-order valence-corrected chi connectivity index (χ3v) is 4.94. The van der Waals surface area contributed by atoms with Crippen molar-refractivity contribution in [3.63, 3.8) is 0 Å². The average molecular weight is 297 g/mol. The summed E-state index contributed by atoms with van der Waals surface area (Å²) in [5, 5.41) is 3.31. The molecule has 5 nitrogen and oxygen atoms in total. The lowest BCUT2D eigenvalue weighted by atomic mass is 9.92. The van der Waals surface area contributed by atoms with Gasteiger partial charge in [-0.15, -0.1) is 0 Å². The van der Waals surface area contributed by atoms with Crippen LogP contribution in [0.3, 0.4) is 0 Å². The standard InChI is InChI=1S/C16H31N3O2/c1-5-17-16(3,15(20)21-4)12-13(2)18-8-10-19(11-9-18)14-6-7-14/h13-14,17H,5-12H2,1-4H3. The van der Waals surface area contributed by atoms with E-state index >= 15 is 0 Å². The van der Waals surface area contributed by atoms with Crippen LogP contribution in [0.5, 0.6) is 0 Å². The van der Waals surface area contributed by atoms with E-state index in [9.17, 15) is 4.79 Å². The van der Waals surface area contributed by atoms with Gasteiger partial charge in [0.1, 0.15) is 5.54 Å². The highest BCUT2D eigenvalue weighted by Crippen LogP contribution is 2.28. The Kier molecular flexibility index (Phi) is 5.63. The van der Waals surface area contributed by atoms with E-state index in [1.165, 1.54) is 33.0 Å². The van der Waals surface area contributed by atoms with Gasteiger partial charge in [0, 0.05) is 38.3 Å². The van der Waals surface area contributed by atoms with Crippen molar-refractivity contribution in [2.75, 3.05) is 39.8 Å². The molecule has 0 amide bonds. The minimum Gasteiger partial charge on any atom is -0.468 e. The number of carbonyl (C=O) groups is 1. The van der Waals surface area contributed by atoms with Crippen LogP contribution in [0.2, 0.25) is 0 Å². The molecule has 0 bridgehead atoms. The van der Waals surface area contributed by atoms with Gasteiger partial charge in [-0.05, 0) is 39.7 Å². The number of piperazine rings is 1. The van der Waals surface area contributed by atoms with Crippen LogP contribution in [-0.4, -0.2) is 73.2 Å². The quantitative estimate of drug-likeness (QED) is 0.713. The lowest BCUT2D eigenvalue weighted by Crippen LogP contribution is -2.56. The minimum absolute atomic E-state index is 0.159. The van der Waals surface area contributed by atoms with Crippen LogP contribution in [-0.2, 0) is 9.53 Å². The van der Waals surface area contributed by atoms with E-state index < -0.39 is 5.54 Å². The van der Waals surface area contributed by atoms with Crippen molar-refractivity contribution in [1.82, 2.24) is 15.1 Å². The first-order valence-corrected chi connectivity index (χ1v) is 8.31. The molecule has 1 saturated carbocycles. The monoisotopic (exact) mass is 297 g/mol. The first-order chi connectivity index (χ1) is 10.00. The van der Waals surface area contributed by atoms with E-state index in [-0.39, 0.29) is 5.97 Å². The summed E-state index contributed by atoms with van der Waals surface area (Å²) >= 11 is 0. The van der Waals surface area contributed by atoms with Gasteiger partial charge in [0.25, 0.3) is 0 Å². The van der Waals surface area contributed by atoms with Crippen LogP contribution in [0, 0.1) is 0 Å². The maximum absolute atomic E-state index is 12.1. The number of hydrogen-bond acceptors (Lipinski definition) is 5. The molecule has 1 N–H and O–H groups in total. The molecular weight excluding hydrogens is 266 g/mol. The highest BCUT2D eigenvalue weighted by Gasteiger charge is 2.38. The number of methoxy groups -OCH3 is 1. The van der Waals surface area contributed by atoms with Gasteiger partial charge in [-0.3, -0.25) is 14.6 Å². The molecule has 0 spiro atoms. The highest BCUT2D eigenvalue weighted by atomic mass is 16.5. The smallest absolute Gasteiger partial charge is 0.325 e. The SMILES string of the molecule is CCNC(C)(CC(C)N1CCN(C2CC2)CC1)C(=O)OC. The average Bonchev–Trinajstić information content (AvgIpc) is 3.31. The van der Waals surface area contributed by atoms with Gasteiger partial charge in [0.2, 0.25) is 0 Å². The molecule has 2 fully saturated rings. The predicted octanol–water partition coefficient (Wildman–Crippen LogP) is 1.09. The number of carbonyl (C=O) groups excluding carboxylic acids is 1. The summed E-state index contributed by atoms with van der Waals surface area (Å²) in [6.45, 7) is 11.6. The van der Waals surface area contributed by atoms with Crippen molar-refractivity contribution in [3.05, 3.63) is 0 Å². The van der Waals surface area contributed by atoms with E-state index in [0.29, 0.717) is 6.04 Å². The van der Waals surface area contributed by atoms with Gasteiger partial charge in [-0.25, -0.2) is 0 Å².